The Morgan fingerprint density at radius 2 is 1.92 bits per heavy atom. The molecule has 1 aromatic carbocycles. The highest BCUT2D eigenvalue weighted by Gasteiger charge is 2.29. The molecule has 24 heavy (non-hydrogen) atoms. The second-order valence-electron chi connectivity index (χ2n) is 5.61. The van der Waals surface area contributed by atoms with Gasteiger partial charge in [-0.15, -0.1) is 12.4 Å². The zero-order valence-corrected chi connectivity index (χ0v) is 15.5. The summed E-state index contributed by atoms with van der Waals surface area (Å²) in [7, 11) is -2.24. The van der Waals surface area contributed by atoms with Gasteiger partial charge in [-0.3, -0.25) is 4.79 Å². The van der Waals surface area contributed by atoms with Crippen molar-refractivity contribution in [1.29, 1.82) is 0 Å². The van der Waals surface area contributed by atoms with E-state index in [1.807, 2.05) is 0 Å². The largest absolute Gasteiger partial charge is 0.495 e. The molecule has 0 aliphatic carbocycles. The van der Waals surface area contributed by atoms with Crippen molar-refractivity contribution >= 4 is 34.0 Å². The molecule has 0 radical (unpaired) electrons. The summed E-state index contributed by atoms with van der Waals surface area (Å²) in [6.07, 6.45) is 2.74. The maximum absolute atomic E-state index is 12.8. The van der Waals surface area contributed by atoms with Crippen molar-refractivity contribution in [3.05, 3.63) is 18.2 Å². The summed E-state index contributed by atoms with van der Waals surface area (Å²) in [5.74, 6) is -0.120. The predicted molar refractivity (Wildman–Crippen MR) is 95.1 cm³/mol. The molecular weight excluding hydrogens is 354 g/mol. The number of halogens is 1. The first-order chi connectivity index (χ1) is 10.9. The summed E-state index contributed by atoms with van der Waals surface area (Å²) < 4.78 is 32.3. The van der Waals surface area contributed by atoms with E-state index < -0.39 is 16.1 Å². The van der Waals surface area contributed by atoms with E-state index in [9.17, 15) is 13.2 Å². The number of anilines is 1. The van der Waals surface area contributed by atoms with Crippen molar-refractivity contribution in [3.8, 4) is 5.75 Å². The van der Waals surface area contributed by atoms with Crippen LogP contribution in [-0.4, -0.2) is 44.9 Å². The third-order valence-corrected chi connectivity index (χ3v) is 5.70. The SMILES string of the molecule is COc1ccc(NC(=O)[C@H](C)N)cc1S(=O)(=O)N1CCCCC1.Cl. The Morgan fingerprint density at radius 1 is 1.29 bits per heavy atom. The van der Waals surface area contributed by atoms with E-state index in [0.717, 1.165) is 19.3 Å². The number of nitrogens with one attached hydrogen (secondary N) is 1. The minimum Gasteiger partial charge on any atom is -0.495 e. The summed E-state index contributed by atoms with van der Waals surface area (Å²) in [6.45, 7) is 2.56. The minimum absolute atomic E-state index is 0. The average Bonchev–Trinajstić information content (AvgIpc) is 2.55. The number of methoxy groups -OCH3 is 1. The summed E-state index contributed by atoms with van der Waals surface area (Å²) >= 11 is 0. The highest BCUT2D eigenvalue weighted by atomic mass is 35.5. The molecule has 136 valence electrons. The van der Waals surface area contributed by atoms with Crippen LogP contribution in [0.1, 0.15) is 26.2 Å². The molecule has 1 amide bonds. The van der Waals surface area contributed by atoms with Gasteiger partial charge in [-0.1, -0.05) is 6.42 Å². The molecule has 1 atom stereocenters. The van der Waals surface area contributed by atoms with Gasteiger partial charge < -0.3 is 15.8 Å². The van der Waals surface area contributed by atoms with Crippen LogP contribution in [0.15, 0.2) is 23.1 Å². The van der Waals surface area contributed by atoms with Gasteiger partial charge in [0.2, 0.25) is 15.9 Å². The molecule has 1 fully saturated rings. The van der Waals surface area contributed by atoms with E-state index in [1.54, 1.807) is 13.0 Å². The maximum atomic E-state index is 12.8. The van der Waals surface area contributed by atoms with Gasteiger partial charge >= 0.3 is 0 Å². The van der Waals surface area contributed by atoms with Crippen LogP contribution < -0.4 is 15.8 Å². The van der Waals surface area contributed by atoms with Gasteiger partial charge in [0.25, 0.3) is 0 Å². The lowest BCUT2D eigenvalue weighted by Crippen LogP contribution is -2.36. The van der Waals surface area contributed by atoms with E-state index in [2.05, 4.69) is 5.32 Å². The van der Waals surface area contributed by atoms with E-state index in [-0.39, 0.29) is 29.0 Å². The van der Waals surface area contributed by atoms with Gasteiger partial charge in [0.05, 0.1) is 13.2 Å². The monoisotopic (exact) mass is 377 g/mol. The van der Waals surface area contributed by atoms with Crippen molar-refractivity contribution in [2.45, 2.75) is 37.1 Å². The van der Waals surface area contributed by atoms with Crippen LogP contribution in [0, 0.1) is 0 Å². The minimum atomic E-state index is -3.66. The maximum Gasteiger partial charge on any atom is 0.246 e. The van der Waals surface area contributed by atoms with E-state index >= 15 is 0 Å². The van der Waals surface area contributed by atoms with Crippen LogP contribution in [0.3, 0.4) is 0 Å². The number of sulfonamides is 1. The number of nitrogens with two attached hydrogens (primary N) is 1. The Kier molecular flexibility index (Phi) is 7.47. The van der Waals surface area contributed by atoms with Crippen LogP contribution in [-0.2, 0) is 14.8 Å². The first-order valence-corrected chi connectivity index (χ1v) is 9.05. The second-order valence-corrected chi connectivity index (χ2v) is 7.51. The van der Waals surface area contributed by atoms with Crippen LogP contribution in [0.5, 0.6) is 5.75 Å². The molecule has 0 unspecified atom stereocenters. The van der Waals surface area contributed by atoms with Crippen molar-refractivity contribution in [2.24, 2.45) is 5.73 Å². The average molecular weight is 378 g/mol. The van der Waals surface area contributed by atoms with E-state index in [1.165, 1.54) is 23.5 Å². The van der Waals surface area contributed by atoms with Crippen LogP contribution in [0.4, 0.5) is 5.69 Å². The second kappa shape index (κ2) is 8.66. The molecule has 3 N–H and O–H groups in total. The fourth-order valence-corrected chi connectivity index (χ4v) is 4.16. The van der Waals surface area contributed by atoms with Gasteiger partial charge in [0, 0.05) is 18.8 Å². The molecule has 1 saturated heterocycles. The van der Waals surface area contributed by atoms with E-state index in [0.29, 0.717) is 18.8 Å². The highest BCUT2D eigenvalue weighted by molar-refractivity contribution is 7.89. The summed E-state index contributed by atoms with van der Waals surface area (Å²) in [5.41, 5.74) is 5.90. The number of rotatable bonds is 5. The fraction of sp³-hybridized carbons (Fsp3) is 0.533. The number of carbonyl (C=O) groups excluding carboxylic acids is 1. The van der Waals surface area contributed by atoms with Gasteiger partial charge in [-0.25, -0.2) is 8.42 Å². The van der Waals surface area contributed by atoms with Crippen molar-refractivity contribution in [3.63, 3.8) is 0 Å². The van der Waals surface area contributed by atoms with E-state index in [4.69, 9.17) is 10.5 Å². The number of nitrogens with zero attached hydrogens (tertiary/aromatic N) is 1. The Morgan fingerprint density at radius 3 is 2.46 bits per heavy atom. The van der Waals surface area contributed by atoms with Crippen LogP contribution in [0.2, 0.25) is 0 Å². The molecule has 9 heteroatoms. The lowest BCUT2D eigenvalue weighted by Gasteiger charge is -2.26. The first-order valence-electron chi connectivity index (χ1n) is 7.61. The number of piperidine rings is 1. The normalized spacial score (nSPS) is 16.8. The Labute approximate surface area is 149 Å². The molecule has 2 rings (SSSR count). The third-order valence-electron chi connectivity index (χ3n) is 3.78. The Hall–Kier alpha value is -1.35. The molecule has 1 heterocycles. The van der Waals surface area contributed by atoms with Gasteiger partial charge in [-0.05, 0) is 38.0 Å². The summed E-state index contributed by atoms with van der Waals surface area (Å²) in [6, 6.07) is 3.87. The molecule has 1 aliphatic heterocycles. The Balaban J connectivity index is 0.00000288. The zero-order valence-electron chi connectivity index (χ0n) is 13.8. The number of ether oxygens (including phenoxy) is 1. The predicted octanol–water partition coefficient (Wildman–Crippen LogP) is 1.58. The zero-order chi connectivity index (χ0) is 17.0. The highest BCUT2D eigenvalue weighted by Crippen LogP contribution is 2.31. The fourth-order valence-electron chi connectivity index (χ4n) is 2.46. The van der Waals surface area contributed by atoms with Crippen molar-refractivity contribution in [1.82, 2.24) is 4.31 Å². The summed E-state index contributed by atoms with van der Waals surface area (Å²) in [5, 5.41) is 2.61. The number of amides is 1. The molecular formula is C15H24ClN3O4S. The molecule has 0 saturated carbocycles. The molecule has 1 aliphatic rings. The quantitative estimate of drug-likeness (QED) is 0.811. The molecule has 0 spiro atoms. The van der Waals surface area contributed by atoms with Gasteiger partial charge in [0.1, 0.15) is 10.6 Å². The number of hydrogen-bond acceptors (Lipinski definition) is 5. The molecule has 7 nitrogen and oxygen atoms in total. The first kappa shape index (κ1) is 20.7. The van der Waals surface area contributed by atoms with Gasteiger partial charge in [-0.2, -0.15) is 4.31 Å². The number of hydrogen-bond donors (Lipinski definition) is 2. The standard InChI is InChI=1S/C15H23N3O4S.ClH/c1-11(16)15(19)17-12-6-7-13(22-2)14(10-12)23(20,21)18-8-4-3-5-9-18;/h6-7,10-11H,3-5,8-9,16H2,1-2H3,(H,17,19);1H/t11-;/m0./s1. The molecule has 0 aromatic heterocycles. The third kappa shape index (κ3) is 4.60. The molecule has 1 aromatic rings. The van der Waals surface area contributed by atoms with Crippen molar-refractivity contribution < 1.29 is 17.9 Å². The lowest BCUT2D eigenvalue weighted by atomic mass is 10.2. The topological polar surface area (TPSA) is 102 Å². The van der Waals surface area contributed by atoms with Gasteiger partial charge in [0.15, 0.2) is 0 Å². The van der Waals surface area contributed by atoms with Crippen LogP contribution >= 0.6 is 12.4 Å². The number of benzene rings is 1. The number of carbonyl (C=O) groups is 1. The molecule has 0 bridgehead atoms. The smallest absolute Gasteiger partial charge is 0.246 e. The summed E-state index contributed by atoms with van der Waals surface area (Å²) in [4.78, 5) is 11.8. The van der Waals surface area contributed by atoms with Crippen LogP contribution in [0.25, 0.3) is 0 Å². The lowest BCUT2D eigenvalue weighted by molar-refractivity contribution is -0.117. The van der Waals surface area contributed by atoms with Crippen molar-refractivity contribution in [2.75, 3.05) is 25.5 Å². The Bertz CT molecular complexity index is 673.